The summed E-state index contributed by atoms with van der Waals surface area (Å²) in [5.74, 6) is 1.63. The number of Topliss-reactive ketones (excluding diaryl/α,β-unsaturated/α-hetero) is 1. The molecule has 324 valence electrons. The highest BCUT2D eigenvalue weighted by Gasteiger charge is 2.74. The van der Waals surface area contributed by atoms with Gasteiger partial charge in [0.15, 0.2) is 5.78 Å². The summed E-state index contributed by atoms with van der Waals surface area (Å²) < 4.78 is 17.5. The van der Waals surface area contributed by atoms with E-state index in [0.29, 0.717) is 42.1 Å². The first-order valence-corrected chi connectivity index (χ1v) is 22.6. The molecule has 5 aromatic rings. The van der Waals surface area contributed by atoms with Crippen LogP contribution in [0.1, 0.15) is 74.7 Å². The summed E-state index contributed by atoms with van der Waals surface area (Å²) >= 11 is 0. The van der Waals surface area contributed by atoms with Crippen LogP contribution in [0.15, 0.2) is 139 Å². The van der Waals surface area contributed by atoms with Crippen LogP contribution in [0.4, 0.5) is 4.79 Å². The molecule has 11 rings (SSSR count). The minimum atomic E-state index is -1.33. The Labute approximate surface area is 370 Å². The number of methoxy groups -OCH3 is 2. The van der Waals surface area contributed by atoms with Crippen molar-refractivity contribution in [1.82, 2.24) is 4.90 Å². The van der Waals surface area contributed by atoms with Crippen molar-refractivity contribution >= 4 is 22.6 Å². The largest absolute Gasteiger partial charge is 0.497 e. The Morgan fingerprint density at radius 2 is 1.43 bits per heavy atom. The SMILES string of the molecule is COc1ccc(CN(C[C@]2(O)CC[C@H]3[C@]45C=C[C@@]6(C=C4C(=O)c4ccccc4-c4ccccc4)CC(O)CC[C@]6(C)[C@H]5CC[C@@]32C)C(=O)Oc2ccc3ccccc3c2)c(OC)c1. The number of ether oxygens (including phenoxy) is 3. The molecule has 8 heteroatoms. The fourth-order valence-electron chi connectivity index (χ4n) is 13.4. The van der Waals surface area contributed by atoms with Gasteiger partial charge in [-0.2, -0.15) is 0 Å². The Bertz CT molecular complexity index is 2670. The number of fused-ring (bicyclic) bond motifs is 2. The Morgan fingerprint density at radius 3 is 2.22 bits per heavy atom. The summed E-state index contributed by atoms with van der Waals surface area (Å²) in [4.78, 5) is 31.9. The van der Waals surface area contributed by atoms with Gasteiger partial charge in [-0.3, -0.25) is 4.79 Å². The quantitative estimate of drug-likeness (QED) is 0.107. The van der Waals surface area contributed by atoms with Crippen molar-refractivity contribution < 1.29 is 34.0 Å². The zero-order chi connectivity index (χ0) is 43.8. The maximum Gasteiger partial charge on any atom is 0.415 e. The molecule has 0 saturated heterocycles. The van der Waals surface area contributed by atoms with Gasteiger partial charge >= 0.3 is 6.09 Å². The van der Waals surface area contributed by atoms with Crippen LogP contribution < -0.4 is 14.2 Å². The summed E-state index contributed by atoms with van der Waals surface area (Å²) in [7, 11) is 3.20. The van der Waals surface area contributed by atoms with Crippen LogP contribution in [-0.4, -0.2) is 59.5 Å². The van der Waals surface area contributed by atoms with E-state index >= 15 is 4.79 Å². The average Bonchev–Trinajstić information content (AvgIpc) is 3.58. The van der Waals surface area contributed by atoms with Gasteiger partial charge in [0.05, 0.1) is 39.0 Å². The first-order chi connectivity index (χ1) is 30.4. The van der Waals surface area contributed by atoms with Crippen LogP contribution in [0.2, 0.25) is 0 Å². The molecule has 6 aliphatic rings. The number of nitrogens with zero attached hydrogens (tertiary/aromatic N) is 1. The van der Waals surface area contributed by atoms with E-state index in [1.807, 2.05) is 91.0 Å². The second-order valence-electron chi connectivity index (χ2n) is 19.5. The minimum Gasteiger partial charge on any atom is -0.497 e. The van der Waals surface area contributed by atoms with Crippen LogP contribution in [0.3, 0.4) is 0 Å². The molecule has 0 radical (unpaired) electrons. The second-order valence-corrected chi connectivity index (χ2v) is 19.5. The van der Waals surface area contributed by atoms with E-state index in [9.17, 15) is 15.0 Å². The normalized spacial score (nSPS) is 31.3. The lowest BCUT2D eigenvalue weighted by atomic mass is 9.32. The van der Waals surface area contributed by atoms with E-state index in [2.05, 4.69) is 44.2 Å². The van der Waals surface area contributed by atoms with E-state index in [4.69, 9.17) is 14.2 Å². The van der Waals surface area contributed by atoms with Gasteiger partial charge in [0.25, 0.3) is 0 Å². The van der Waals surface area contributed by atoms with Crippen LogP contribution in [0.5, 0.6) is 17.2 Å². The number of ketones is 1. The topological polar surface area (TPSA) is 106 Å². The Morgan fingerprint density at radius 1 is 0.730 bits per heavy atom. The van der Waals surface area contributed by atoms with Crippen molar-refractivity contribution in [2.24, 2.45) is 33.5 Å². The number of carbonyl (C=O) groups is 2. The van der Waals surface area contributed by atoms with Gasteiger partial charge in [-0.15, -0.1) is 0 Å². The maximum absolute atomic E-state index is 15.7. The number of carbonyl (C=O) groups excluding carboxylic acids is 2. The van der Waals surface area contributed by atoms with Gasteiger partial charge < -0.3 is 29.3 Å². The minimum absolute atomic E-state index is 0.0113. The molecule has 5 aromatic carbocycles. The molecule has 3 fully saturated rings. The molecule has 6 aliphatic carbocycles. The van der Waals surface area contributed by atoms with E-state index in [-0.39, 0.29) is 36.1 Å². The standard InChI is InChI=1S/C55H57NO7/c1-51-25-22-40(57)32-53(51)28-29-55(45(33-53)49(58)44-17-11-10-16-43(44)37-13-6-5-7-14-37)47(51)23-26-52(2)48(55)24-27-54(52,60)35-56(34-39-19-20-41(61-3)31-46(39)62-4)50(59)63-42-21-18-36-12-8-9-15-38(36)30-42/h5-21,28-31,33,40,47-48,57,60H,22-27,32,34-35H2,1-4H3/t40?,47-,48-,51-,52+,53+,54-,55-/m1/s1. The summed E-state index contributed by atoms with van der Waals surface area (Å²) in [6, 6.07) is 37.1. The molecule has 8 nitrogen and oxygen atoms in total. The number of benzene rings is 5. The van der Waals surface area contributed by atoms with Gasteiger partial charge in [-0.25, -0.2) is 4.79 Å². The van der Waals surface area contributed by atoms with Crippen LogP contribution in [0, 0.1) is 33.5 Å². The summed E-state index contributed by atoms with van der Waals surface area (Å²) in [6.07, 6.45) is 10.7. The predicted octanol–water partition coefficient (Wildman–Crippen LogP) is 11.0. The molecule has 0 heterocycles. The molecule has 3 saturated carbocycles. The maximum atomic E-state index is 15.7. The highest BCUT2D eigenvalue weighted by atomic mass is 16.6. The third-order valence-electron chi connectivity index (χ3n) is 16.7. The summed E-state index contributed by atoms with van der Waals surface area (Å²) in [5, 5.41) is 26.7. The predicted molar refractivity (Wildman–Crippen MR) is 245 cm³/mol. The molecule has 1 amide bonds. The van der Waals surface area contributed by atoms with Gasteiger partial charge in [0.1, 0.15) is 17.2 Å². The van der Waals surface area contributed by atoms with Crippen molar-refractivity contribution in [3.63, 3.8) is 0 Å². The second kappa shape index (κ2) is 15.2. The lowest BCUT2D eigenvalue weighted by Gasteiger charge is -2.71. The van der Waals surface area contributed by atoms with Gasteiger partial charge in [0, 0.05) is 39.0 Å². The molecule has 0 aliphatic heterocycles. The zero-order valence-corrected chi connectivity index (χ0v) is 36.7. The van der Waals surface area contributed by atoms with Crippen LogP contribution in [-0.2, 0) is 6.54 Å². The fraction of sp³-hybridized carbons (Fsp3) is 0.382. The van der Waals surface area contributed by atoms with Gasteiger partial charge in [-0.1, -0.05) is 117 Å². The number of hydrogen-bond donors (Lipinski definition) is 2. The van der Waals surface area contributed by atoms with Crippen LogP contribution >= 0.6 is 0 Å². The first-order valence-electron chi connectivity index (χ1n) is 22.6. The third-order valence-corrected chi connectivity index (χ3v) is 16.7. The molecular weight excluding hydrogens is 787 g/mol. The molecule has 8 atom stereocenters. The van der Waals surface area contributed by atoms with Crippen molar-refractivity contribution in [3.05, 3.63) is 150 Å². The molecule has 1 unspecified atom stereocenters. The highest BCUT2D eigenvalue weighted by molar-refractivity contribution is 6.14. The molecular formula is C55H57NO7. The molecule has 2 spiro atoms. The lowest BCUT2D eigenvalue weighted by molar-refractivity contribution is -0.175. The van der Waals surface area contributed by atoms with E-state index in [1.54, 1.807) is 31.3 Å². The van der Waals surface area contributed by atoms with Gasteiger partial charge in [-0.05, 0) is 108 Å². The smallest absolute Gasteiger partial charge is 0.415 e. The summed E-state index contributed by atoms with van der Waals surface area (Å²) in [6.45, 7) is 4.74. The fourth-order valence-corrected chi connectivity index (χ4v) is 13.4. The number of amides is 1. The third kappa shape index (κ3) is 6.30. The number of aliphatic hydroxyl groups excluding tert-OH is 1. The first kappa shape index (κ1) is 41.3. The lowest BCUT2D eigenvalue weighted by Crippen LogP contribution is -2.67. The average molecular weight is 844 g/mol. The van der Waals surface area contributed by atoms with Crippen molar-refractivity contribution in [2.45, 2.75) is 77.0 Å². The van der Waals surface area contributed by atoms with E-state index in [1.165, 1.54) is 0 Å². The zero-order valence-electron chi connectivity index (χ0n) is 36.7. The van der Waals surface area contributed by atoms with Crippen LogP contribution in [0.25, 0.3) is 21.9 Å². The number of rotatable bonds is 10. The molecule has 63 heavy (non-hydrogen) atoms. The summed E-state index contributed by atoms with van der Waals surface area (Å²) in [5.41, 5.74) is 0.721. The monoisotopic (exact) mass is 843 g/mol. The molecule has 2 N–H and O–H groups in total. The van der Waals surface area contributed by atoms with Gasteiger partial charge in [0.2, 0.25) is 0 Å². The van der Waals surface area contributed by atoms with Crippen molar-refractivity contribution in [1.29, 1.82) is 0 Å². The highest BCUT2D eigenvalue weighted by Crippen LogP contribution is 2.78. The van der Waals surface area contributed by atoms with E-state index < -0.39 is 34.0 Å². The molecule has 0 aromatic heterocycles. The van der Waals surface area contributed by atoms with Crippen molar-refractivity contribution in [2.75, 3.05) is 20.8 Å². The Balaban J connectivity index is 1.05. The molecule has 2 bridgehead atoms. The number of aliphatic hydroxyl groups is 2. The van der Waals surface area contributed by atoms with Crippen molar-refractivity contribution in [3.8, 4) is 28.4 Å². The van der Waals surface area contributed by atoms with E-state index in [0.717, 1.165) is 58.7 Å². The Hall–Kier alpha value is -5.70. The Kier molecular flexibility index (Phi) is 9.99. The number of hydrogen-bond acceptors (Lipinski definition) is 7. The number of allylic oxidation sites excluding steroid dienone is 4.